The number of H-pyrrole nitrogens is 1. The normalized spacial score (nSPS) is 11.8. The minimum Gasteiger partial charge on any atom is -0.396 e. The zero-order valence-electron chi connectivity index (χ0n) is 15.0. The summed E-state index contributed by atoms with van der Waals surface area (Å²) in [6, 6.07) is 9.84. The van der Waals surface area contributed by atoms with E-state index < -0.39 is 0 Å². The number of aromatic nitrogens is 2. The van der Waals surface area contributed by atoms with Crippen molar-refractivity contribution in [2.45, 2.75) is 39.0 Å². The Kier molecular flexibility index (Phi) is 4.73. The molecule has 3 rings (SSSR count). The monoisotopic (exact) mass is 336 g/mol. The molecule has 0 fully saturated rings. The number of hydrogen-bond acceptors (Lipinski definition) is 3. The van der Waals surface area contributed by atoms with Gasteiger partial charge in [-0.2, -0.15) is 0 Å². The van der Waals surface area contributed by atoms with Gasteiger partial charge in [0.1, 0.15) is 0 Å². The van der Waals surface area contributed by atoms with Gasteiger partial charge in [0.15, 0.2) is 5.43 Å². The Morgan fingerprint density at radius 3 is 2.68 bits per heavy atom. The van der Waals surface area contributed by atoms with Crippen LogP contribution in [0.25, 0.3) is 22.2 Å². The predicted molar refractivity (Wildman–Crippen MR) is 102 cm³/mol. The zero-order valence-corrected chi connectivity index (χ0v) is 15.0. The lowest BCUT2D eigenvalue weighted by atomic mass is 9.84. The summed E-state index contributed by atoms with van der Waals surface area (Å²) in [5.41, 5.74) is 5.00. The fourth-order valence-electron chi connectivity index (χ4n) is 3.03. The van der Waals surface area contributed by atoms with Gasteiger partial charge in [0.25, 0.3) is 0 Å². The van der Waals surface area contributed by atoms with Crippen LogP contribution in [0.2, 0.25) is 0 Å². The Balaban J connectivity index is 2.17. The zero-order chi connectivity index (χ0) is 18.0. The van der Waals surface area contributed by atoms with E-state index in [9.17, 15) is 9.90 Å². The molecule has 0 amide bonds. The van der Waals surface area contributed by atoms with E-state index >= 15 is 0 Å². The average Bonchev–Trinajstić information content (AvgIpc) is 2.59. The van der Waals surface area contributed by atoms with Crippen LogP contribution in [0, 0.1) is 0 Å². The van der Waals surface area contributed by atoms with Gasteiger partial charge in [-0.3, -0.25) is 9.78 Å². The first-order chi connectivity index (χ1) is 11.9. The van der Waals surface area contributed by atoms with E-state index in [2.05, 4.69) is 48.9 Å². The molecule has 0 unspecified atom stereocenters. The third-order valence-corrected chi connectivity index (χ3v) is 4.50. The van der Waals surface area contributed by atoms with Crippen LogP contribution in [-0.2, 0) is 11.8 Å². The van der Waals surface area contributed by atoms with Crippen molar-refractivity contribution in [1.29, 1.82) is 0 Å². The molecule has 1 aromatic carbocycles. The molecule has 0 radical (unpaired) electrons. The molecular formula is C21H24N2O2. The number of hydrogen-bond donors (Lipinski definition) is 2. The van der Waals surface area contributed by atoms with Gasteiger partial charge >= 0.3 is 0 Å². The highest BCUT2D eigenvalue weighted by Crippen LogP contribution is 2.30. The Morgan fingerprint density at radius 2 is 1.96 bits per heavy atom. The highest BCUT2D eigenvalue weighted by Gasteiger charge is 2.16. The van der Waals surface area contributed by atoms with Gasteiger partial charge in [-0.25, -0.2) is 0 Å². The highest BCUT2D eigenvalue weighted by atomic mass is 16.2. The van der Waals surface area contributed by atoms with Crippen molar-refractivity contribution in [3.05, 3.63) is 64.1 Å². The SMILES string of the molecule is CC(C)(C)c1ccc(-c2cc(=O)c3cnccc3[nH]2)c(CCCO)c1. The maximum Gasteiger partial charge on any atom is 0.191 e. The summed E-state index contributed by atoms with van der Waals surface area (Å²) >= 11 is 0. The molecule has 0 bridgehead atoms. The molecule has 0 saturated carbocycles. The van der Waals surface area contributed by atoms with Crippen LogP contribution in [0.15, 0.2) is 47.5 Å². The van der Waals surface area contributed by atoms with Gasteiger partial charge in [-0.15, -0.1) is 0 Å². The van der Waals surface area contributed by atoms with E-state index in [0.717, 1.165) is 28.8 Å². The van der Waals surface area contributed by atoms with Crippen LogP contribution in [0.5, 0.6) is 0 Å². The number of aliphatic hydroxyl groups excluding tert-OH is 1. The molecule has 0 aliphatic rings. The molecule has 0 aliphatic heterocycles. The lowest BCUT2D eigenvalue weighted by Crippen LogP contribution is -2.12. The molecule has 25 heavy (non-hydrogen) atoms. The Bertz CT molecular complexity index is 952. The van der Waals surface area contributed by atoms with Gasteiger partial charge in [0.2, 0.25) is 0 Å². The van der Waals surface area contributed by atoms with E-state index in [1.54, 1.807) is 18.5 Å². The van der Waals surface area contributed by atoms with Gasteiger partial charge < -0.3 is 10.1 Å². The molecule has 0 atom stereocenters. The molecule has 3 aromatic rings. The lowest BCUT2D eigenvalue weighted by Gasteiger charge is -2.21. The highest BCUT2D eigenvalue weighted by molar-refractivity contribution is 5.81. The fourth-order valence-corrected chi connectivity index (χ4v) is 3.03. The summed E-state index contributed by atoms with van der Waals surface area (Å²) in [4.78, 5) is 19.8. The average molecular weight is 336 g/mol. The molecule has 0 saturated heterocycles. The first-order valence-electron chi connectivity index (χ1n) is 8.62. The second kappa shape index (κ2) is 6.81. The minimum absolute atomic E-state index is 0.0372. The van der Waals surface area contributed by atoms with Crippen molar-refractivity contribution in [3.8, 4) is 11.3 Å². The van der Waals surface area contributed by atoms with Crippen LogP contribution in [-0.4, -0.2) is 21.7 Å². The number of pyridine rings is 2. The van der Waals surface area contributed by atoms with Gasteiger partial charge in [0.05, 0.1) is 10.9 Å². The van der Waals surface area contributed by atoms with Gasteiger partial charge in [-0.1, -0.05) is 39.0 Å². The number of nitrogens with zero attached hydrogens (tertiary/aromatic N) is 1. The summed E-state index contributed by atoms with van der Waals surface area (Å²) in [6.07, 6.45) is 4.74. The summed E-state index contributed by atoms with van der Waals surface area (Å²) in [5, 5.41) is 9.83. The van der Waals surface area contributed by atoms with Crippen LogP contribution < -0.4 is 5.43 Å². The molecule has 2 heterocycles. The summed E-state index contributed by atoms with van der Waals surface area (Å²) in [6.45, 7) is 6.70. The number of rotatable bonds is 4. The molecule has 4 heteroatoms. The first-order valence-corrected chi connectivity index (χ1v) is 8.62. The summed E-state index contributed by atoms with van der Waals surface area (Å²) < 4.78 is 0. The number of fused-ring (bicyclic) bond motifs is 1. The van der Waals surface area contributed by atoms with E-state index in [4.69, 9.17) is 0 Å². The Labute approximate surface area is 147 Å². The quantitative estimate of drug-likeness (QED) is 0.761. The molecule has 2 N–H and O–H groups in total. The third-order valence-electron chi connectivity index (χ3n) is 4.50. The van der Waals surface area contributed by atoms with Crippen molar-refractivity contribution >= 4 is 10.9 Å². The van der Waals surface area contributed by atoms with Gasteiger partial charge in [0, 0.05) is 36.3 Å². The van der Waals surface area contributed by atoms with Crippen LogP contribution in [0.4, 0.5) is 0 Å². The van der Waals surface area contributed by atoms with Crippen molar-refractivity contribution in [2.75, 3.05) is 6.61 Å². The smallest absolute Gasteiger partial charge is 0.191 e. The number of aromatic amines is 1. The Hall–Kier alpha value is -2.46. The van der Waals surface area contributed by atoms with Crippen LogP contribution in [0.1, 0.15) is 38.3 Å². The van der Waals surface area contributed by atoms with E-state index in [-0.39, 0.29) is 17.5 Å². The standard InChI is InChI=1S/C21H24N2O2/c1-21(2,3)15-6-7-16(14(11-15)5-4-10-24)19-12-20(25)17-13-22-9-8-18(17)23-19/h6-9,11-13,24H,4-5,10H2,1-3H3,(H,23,25). The number of aliphatic hydroxyl groups is 1. The van der Waals surface area contributed by atoms with E-state index in [1.807, 2.05) is 6.07 Å². The van der Waals surface area contributed by atoms with Gasteiger partial charge in [-0.05, 0) is 35.4 Å². The summed E-state index contributed by atoms with van der Waals surface area (Å²) in [7, 11) is 0. The van der Waals surface area contributed by atoms with Crippen molar-refractivity contribution in [3.63, 3.8) is 0 Å². The lowest BCUT2D eigenvalue weighted by molar-refractivity contribution is 0.288. The summed E-state index contributed by atoms with van der Waals surface area (Å²) in [5.74, 6) is 0. The second-order valence-electron chi connectivity index (χ2n) is 7.42. The van der Waals surface area contributed by atoms with Crippen LogP contribution in [0.3, 0.4) is 0 Å². The molecule has 0 aliphatic carbocycles. The first kappa shape index (κ1) is 17.4. The largest absolute Gasteiger partial charge is 0.396 e. The molecular weight excluding hydrogens is 312 g/mol. The van der Waals surface area contributed by atoms with Crippen LogP contribution >= 0.6 is 0 Å². The second-order valence-corrected chi connectivity index (χ2v) is 7.42. The maximum atomic E-state index is 12.4. The minimum atomic E-state index is -0.0372. The predicted octanol–water partition coefficient (Wildman–Crippen LogP) is 3.81. The van der Waals surface area contributed by atoms with Crippen molar-refractivity contribution in [1.82, 2.24) is 9.97 Å². The topological polar surface area (TPSA) is 66.0 Å². The van der Waals surface area contributed by atoms with Crippen molar-refractivity contribution < 1.29 is 5.11 Å². The molecule has 2 aromatic heterocycles. The third kappa shape index (κ3) is 3.64. The molecule has 130 valence electrons. The molecule has 0 spiro atoms. The molecule has 4 nitrogen and oxygen atoms in total. The maximum absolute atomic E-state index is 12.4. The van der Waals surface area contributed by atoms with Crippen molar-refractivity contribution in [2.24, 2.45) is 0 Å². The number of nitrogens with one attached hydrogen (secondary N) is 1. The van der Waals surface area contributed by atoms with E-state index in [1.165, 1.54) is 5.56 Å². The fraction of sp³-hybridized carbons (Fsp3) is 0.333. The number of benzene rings is 1. The Morgan fingerprint density at radius 1 is 1.16 bits per heavy atom. The number of aryl methyl sites for hydroxylation is 1. The van der Waals surface area contributed by atoms with E-state index in [0.29, 0.717) is 11.8 Å².